The molecule has 0 aromatic rings. The monoisotopic (exact) mass is 270 g/mol. The maximum absolute atomic E-state index is 6.30. The zero-order chi connectivity index (χ0) is 14.5. The van der Waals surface area contributed by atoms with Crippen molar-refractivity contribution in [3.8, 4) is 0 Å². The Kier molecular flexibility index (Phi) is 6.28. The van der Waals surface area contributed by atoms with Gasteiger partial charge in [0.1, 0.15) is 0 Å². The van der Waals surface area contributed by atoms with Gasteiger partial charge in [-0.05, 0) is 31.6 Å². The third kappa shape index (κ3) is 3.32. The van der Waals surface area contributed by atoms with Crippen molar-refractivity contribution in [1.82, 2.24) is 4.90 Å². The van der Waals surface area contributed by atoms with E-state index in [0.29, 0.717) is 6.04 Å². The van der Waals surface area contributed by atoms with E-state index in [1.54, 1.807) is 7.11 Å². The van der Waals surface area contributed by atoms with Crippen molar-refractivity contribution in [2.45, 2.75) is 71.4 Å². The first-order valence-corrected chi connectivity index (χ1v) is 7.91. The van der Waals surface area contributed by atoms with Crippen LogP contribution in [-0.4, -0.2) is 43.3 Å². The summed E-state index contributed by atoms with van der Waals surface area (Å²) in [5.74, 6) is 0. The molecule has 114 valence electrons. The van der Waals surface area contributed by atoms with Crippen LogP contribution in [0.3, 0.4) is 0 Å². The van der Waals surface area contributed by atoms with Crippen molar-refractivity contribution in [2.75, 3.05) is 26.8 Å². The zero-order valence-corrected chi connectivity index (χ0v) is 13.7. The van der Waals surface area contributed by atoms with Gasteiger partial charge in [0.25, 0.3) is 0 Å². The van der Waals surface area contributed by atoms with Gasteiger partial charge in [0.05, 0.1) is 6.61 Å². The van der Waals surface area contributed by atoms with Crippen LogP contribution in [-0.2, 0) is 4.74 Å². The molecule has 3 nitrogen and oxygen atoms in total. The predicted molar refractivity (Wildman–Crippen MR) is 82.4 cm³/mol. The van der Waals surface area contributed by atoms with E-state index in [9.17, 15) is 0 Å². The fourth-order valence-corrected chi connectivity index (χ4v) is 3.85. The Morgan fingerprint density at radius 2 is 1.89 bits per heavy atom. The van der Waals surface area contributed by atoms with E-state index in [-0.39, 0.29) is 11.0 Å². The molecular weight excluding hydrogens is 236 g/mol. The molecule has 0 bridgehead atoms. The second kappa shape index (κ2) is 7.05. The van der Waals surface area contributed by atoms with E-state index >= 15 is 0 Å². The van der Waals surface area contributed by atoms with Crippen molar-refractivity contribution in [1.29, 1.82) is 0 Å². The van der Waals surface area contributed by atoms with Gasteiger partial charge >= 0.3 is 0 Å². The number of hydrogen-bond acceptors (Lipinski definition) is 3. The molecule has 1 aliphatic carbocycles. The van der Waals surface area contributed by atoms with Crippen molar-refractivity contribution in [2.24, 2.45) is 11.1 Å². The quantitative estimate of drug-likeness (QED) is 0.773. The van der Waals surface area contributed by atoms with Crippen LogP contribution in [0.5, 0.6) is 0 Å². The Morgan fingerprint density at radius 1 is 1.26 bits per heavy atom. The average Bonchev–Trinajstić information content (AvgIpc) is 2.40. The Balaban J connectivity index is 3.04. The molecule has 1 rings (SSSR count). The van der Waals surface area contributed by atoms with Crippen LogP contribution in [0.2, 0.25) is 0 Å². The van der Waals surface area contributed by atoms with Crippen molar-refractivity contribution in [3.63, 3.8) is 0 Å². The van der Waals surface area contributed by atoms with Gasteiger partial charge in [-0.2, -0.15) is 0 Å². The Morgan fingerprint density at radius 3 is 2.37 bits per heavy atom. The fourth-order valence-electron chi connectivity index (χ4n) is 3.85. The molecule has 0 aliphatic heterocycles. The minimum Gasteiger partial charge on any atom is -0.383 e. The van der Waals surface area contributed by atoms with E-state index in [4.69, 9.17) is 10.5 Å². The molecule has 2 unspecified atom stereocenters. The van der Waals surface area contributed by atoms with Crippen molar-refractivity contribution in [3.05, 3.63) is 0 Å². The summed E-state index contributed by atoms with van der Waals surface area (Å²) >= 11 is 0. The average molecular weight is 270 g/mol. The Hall–Kier alpha value is -0.120. The highest BCUT2D eigenvalue weighted by Crippen LogP contribution is 2.47. The highest BCUT2D eigenvalue weighted by atomic mass is 16.5. The van der Waals surface area contributed by atoms with Crippen molar-refractivity contribution >= 4 is 0 Å². The SMILES string of the molecule is CCC(C)N(CCOC)C1(CN)CCCCC1(C)C. The molecule has 19 heavy (non-hydrogen) atoms. The van der Waals surface area contributed by atoms with Crippen LogP contribution in [0.1, 0.15) is 59.8 Å². The third-order valence-corrected chi connectivity index (χ3v) is 5.45. The lowest BCUT2D eigenvalue weighted by Crippen LogP contribution is -2.66. The maximum Gasteiger partial charge on any atom is 0.0590 e. The summed E-state index contributed by atoms with van der Waals surface area (Å²) in [5.41, 5.74) is 6.72. The molecule has 0 amide bonds. The highest BCUT2D eigenvalue weighted by molar-refractivity contribution is 5.06. The number of nitrogens with two attached hydrogens (primary N) is 1. The molecule has 3 heteroatoms. The molecular formula is C16H34N2O. The lowest BCUT2D eigenvalue weighted by Gasteiger charge is -2.58. The second-order valence-electron chi connectivity index (χ2n) is 6.77. The van der Waals surface area contributed by atoms with Gasteiger partial charge < -0.3 is 10.5 Å². The molecule has 0 spiro atoms. The molecule has 0 aromatic carbocycles. The number of nitrogens with zero attached hydrogens (tertiary/aromatic N) is 1. The van der Waals surface area contributed by atoms with Gasteiger partial charge in [-0.1, -0.05) is 33.6 Å². The lowest BCUT2D eigenvalue weighted by molar-refractivity contribution is -0.0732. The van der Waals surface area contributed by atoms with Crippen LogP contribution in [0.25, 0.3) is 0 Å². The first kappa shape index (κ1) is 16.9. The number of methoxy groups -OCH3 is 1. The van der Waals surface area contributed by atoms with Gasteiger partial charge in [-0.3, -0.25) is 4.90 Å². The molecule has 0 aromatic heterocycles. The summed E-state index contributed by atoms with van der Waals surface area (Å²) in [5, 5.41) is 0. The summed E-state index contributed by atoms with van der Waals surface area (Å²) in [6.07, 6.45) is 6.32. The van der Waals surface area contributed by atoms with Crippen LogP contribution in [0.4, 0.5) is 0 Å². The highest BCUT2D eigenvalue weighted by Gasteiger charge is 2.50. The van der Waals surface area contributed by atoms with E-state index in [1.165, 1.54) is 32.1 Å². The first-order valence-electron chi connectivity index (χ1n) is 7.91. The summed E-state index contributed by atoms with van der Waals surface area (Å²) in [6, 6.07) is 0.566. The largest absolute Gasteiger partial charge is 0.383 e. The Bertz CT molecular complexity index is 267. The van der Waals surface area contributed by atoms with Gasteiger partial charge in [-0.25, -0.2) is 0 Å². The van der Waals surface area contributed by atoms with Crippen molar-refractivity contribution < 1.29 is 4.74 Å². The van der Waals surface area contributed by atoms with Crippen LogP contribution in [0, 0.1) is 5.41 Å². The summed E-state index contributed by atoms with van der Waals surface area (Å²) in [6.45, 7) is 12.0. The summed E-state index contributed by atoms with van der Waals surface area (Å²) in [7, 11) is 1.79. The smallest absolute Gasteiger partial charge is 0.0590 e. The summed E-state index contributed by atoms with van der Waals surface area (Å²) in [4.78, 5) is 2.65. The molecule has 0 radical (unpaired) electrons. The molecule has 1 saturated carbocycles. The lowest BCUT2D eigenvalue weighted by atomic mass is 9.61. The second-order valence-corrected chi connectivity index (χ2v) is 6.77. The number of rotatable bonds is 7. The molecule has 1 aliphatic rings. The maximum atomic E-state index is 6.30. The topological polar surface area (TPSA) is 38.5 Å². The minimum absolute atomic E-state index is 0.138. The van der Waals surface area contributed by atoms with Gasteiger partial charge in [-0.15, -0.1) is 0 Å². The van der Waals surface area contributed by atoms with Gasteiger partial charge in [0, 0.05) is 31.8 Å². The number of ether oxygens (including phenoxy) is 1. The molecule has 0 heterocycles. The number of hydrogen-bond donors (Lipinski definition) is 1. The van der Waals surface area contributed by atoms with E-state index in [2.05, 4.69) is 32.6 Å². The van der Waals surface area contributed by atoms with E-state index in [0.717, 1.165) is 19.7 Å². The van der Waals surface area contributed by atoms with E-state index < -0.39 is 0 Å². The predicted octanol–water partition coefficient (Wildman–Crippen LogP) is 3.03. The van der Waals surface area contributed by atoms with Crippen LogP contribution in [0.15, 0.2) is 0 Å². The zero-order valence-electron chi connectivity index (χ0n) is 13.7. The molecule has 2 atom stereocenters. The van der Waals surface area contributed by atoms with Crippen LogP contribution < -0.4 is 5.73 Å². The van der Waals surface area contributed by atoms with Gasteiger partial charge in [0.2, 0.25) is 0 Å². The van der Waals surface area contributed by atoms with Crippen LogP contribution >= 0.6 is 0 Å². The fraction of sp³-hybridized carbons (Fsp3) is 1.00. The summed E-state index contributed by atoms with van der Waals surface area (Å²) < 4.78 is 5.33. The minimum atomic E-state index is 0.138. The first-order chi connectivity index (χ1) is 8.95. The van der Waals surface area contributed by atoms with Gasteiger partial charge in [0.15, 0.2) is 0 Å². The molecule has 0 saturated heterocycles. The van der Waals surface area contributed by atoms with E-state index in [1.807, 2.05) is 0 Å². The molecule has 2 N–H and O–H groups in total. The normalized spacial score (nSPS) is 28.6. The standard InChI is InChI=1S/C16H34N2O/c1-6-14(2)18(11-12-19-5)16(13-17)10-8-7-9-15(16,3)4/h14H,6-13,17H2,1-5H3. The third-order valence-electron chi connectivity index (χ3n) is 5.45. The Labute approximate surface area is 119 Å². The molecule has 1 fully saturated rings.